The van der Waals surface area contributed by atoms with Crippen LogP contribution in [0.5, 0.6) is 11.5 Å². The Balaban J connectivity index is 1.68. The third-order valence-electron chi connectivity index (χ3n) is 5.66. The Bertz CT molecular complexity index is 1400. The number of aliphatic hydroxyl groups excluding tert-OH is 1. The largest absolute Gasteiger partial charge is 0.507 e. The molecule has 0 bridgehead atoms. The van der Waals surface area contributed by atoms with Crippen molar-refractivity contribution in [3.05, 3.63) is 89.2 Å². The van der Waals surface area contributed by atoms with E-state index >= 15 is 0 Å². The standard InChI is InChI=1S/C26H24N4O6/c1-35-19-10-8-18(9-11-19)30-24(28-29-25(30)23(27)33)20-13-15(3-12-21(20)31)14-22(32)16-4-6-17(7-5-16)26(34)36-2/h3-13,22,31-32H,14H2,1-2H3,(H2,27,33). The van der Waals surface area contributed by atoms with Crippen molar-refractivity contribution in [3.63, 3.8) is 0 Å². The van der Waals surface area contributed by atoms with E-state index in [4.69, 9.17) is 15.2 Å². The van der Waals surface area contributed by atoms with E-state index in [1.807, 2.05) is 0 Å². The summed E-state index contributed by atoms with van der Waals surface area (Å²) in [4.78, 5) is 23.7. The second kappa shape index (κ2) is 10.3. The zero-order valence-electron chi connectivity index (χ0n) is 19.6. The van der Waals surface area contributed by atoms with E-state index in [0.29, 0.717) is 33.7 Å². The molecule has 0 fully saturated rings. The molecule has 1 heterocycles. The van der Waals surface area contributed by atoms with Crippen molar-refractivity contribution >= 4 is 11.9 Å². The number of nitrogens with two attached hydrogens (primary N) is 1. The van der Waals surface area contributed by atoms with Gasteiger partial charge < -0.3 is 25.4 Å². The van der Waals surface area contributed by atoms with E-state index in [-0.39, 0.29) is 23.8 Å². The van der Waals surface area contributed by atoms with Crippen LogP contribution in [0, 0.1) is 0 Å². The molecule has 36 heavy (non-hydrogen) atoms. The zero-order chi connectivity index (χ0) is 25.8. The molecule has 1 atom stereocenters. The molecule has 0 spiro atoms. The Morgan fingerprint density at radius 1 is 1.00 bits per heavy atom. The van der Waals surface area contributed by atoms with Gasteiger partial charge >= 0.3 is 5.97 Å². The fourth-order valence-corrected chi connectivity index (χ4v) is 3.78. The van der Waals surface area contributed by atoms with E-state index in [9.17, 15) is 19.8 Å². The summed E-state index contributed by atoms with van der Waals surface area (Å²) >= 11 is 0. The zero-order valence-corrected chi connectivity index (χ0v) is 19.6. The summed E-state index contributed by atoms with van der Waals surface area (Å²) in [5.74, 6) is -0.626. The molecule has 1 unspecified atom stereocenters. The van der Waals surface area contributed by atoms with Crippen LogP contribution in [0.1, 0.15) is 38.2 Å². The lowest BCUT2D eigenvalue weighted by atomic mass is 9.98. The maximum absolute atomic E-state index is 12.1. The van der Waals surface area contributed by atoms with E-state index < -0.39 is 18.0 Å². The lowest BCUT2D eigenvalue weighted by molar-refractivity contribution is 0.0600. The number of ether oxygens (including phenoxy) is 2. The van der Waals surface area contributed by atoms with Crippen molar-refractivity contribution < 1.29 is 29.3 Å². The molecule has 1 amide bonds. The van der Waals surface area contributed by atoms with Crippen LogP contribution < -0.4 is 10.5 Å². The van der Waals surface area contributed by atoms with E-state index in [1.54, 1.807) is 67.8 Å². The number of aromatic hydroxyl groups is 1. The molecule has 184 valence electrons. The number of phenols is 1. The summed E-state index contributed by atoms with van der Waals surface area (Å²) in [6, 6.07) is 18.1. The number of methoxy groups -OCH3 is 2. The number of primary amides is 1. The molecule has 0 aliphatic carbocycles. The van der Waals surface area contributed by atoms with Gasteiger partial charge in [0.25, 0.3) is 5.91 Å². The van der Waals surface area contributed by atoms with Gasteiger partial charge in [0.05, 0.1) is 31.5 Å². The first-order valence-corrected chi connectivity index (χ1v) is 10.9. The van der Waals surface area contributed by atoms with Crippen molar-refractivity contribution in [2.75, 3.05) is 14.2 Å². The molecule has 4 rings (SSSR count). The number of aliphatic hydroxyl groups is 1. The van der Waals surface area contributed by atoms with Crippen LogP contribution in [0.3, 0.4) is 0 Å². The minimum absolute atomic E-state index is 0.0890. The molecule has 4 N–H and O–H groups in total. The van der Waals surface area contributed by atoms with Crippen molar-refractivity contribution in [2.24, 2.45) is 5.73 Å². The fraction of sp³-hybridized carbons (Fsp3) is 0.154. The smallest absolute Gasteiger partial charge is 0.337 e. The number of esters is 1. The summed E-state index contributed by atoms with van der Waals surface area (Å²) in [6.45, 7) is 0. The van der Waals surface area contributed by atoms with Gasteiger partial charge in [-0.2, -0.15) is 0 Å². The fourth-order valence-electron chi connectivity index (χ4n) is 3.78. The topological polar surface area (TPSA) is 150 Å². The third kappa shape index (κ3) is 4.89. The van der Waals surface area contributed by atoms with Crippen LogP contribution in [-0.4, -0.2) is 51.1 Å². The van der Waals surface area contributed by atoms with Crippen LogP contribution in [0.2, 0.25) is 0 Å². The van der Waals surface area contributed by atoms with Gasteiger partial charge in [0.1, 0.15) is 11.5 Å². The minimum Gasteiger partial charge on any atom is -0.507 e. The van der Waals surface area contributed by atoms with Crippen LogP contribution in [0.25, 0.3) is 17.1 Å². The Labute approximate surface area is 206 Å². The normalized spacial score (nSPS) is 11.6. The predicted octanol–water partition coefficient (Wildman–Crippen LogP) is 2.81. The van der Waals surface area contributed by atoms with Gasteiger partial charge in [-0.15, -0.1) is 10.2 Å². The maximum atomic E-state index is 12.1. The van der Waals surface area contributed by atoms with E-state index in [2.05, 4.69) is 10.2 Å². The average Bonchev–Trinajstić information content (AvgIpc) is 3.34. The number of benzene rings is 3. The van der Waals surface area contributed by atoms with E-state index in [0.717, 1.165) is 0 Å². The number of hydrogen-bond donors (Lipinski definition) is 3. The second-order valence-corrected chi connectivity index (χ2v) is 7.93. The summed E-state index contributed by atoms with van der Waals surface area (Å²) in [5, 5.41) is 29.4. The number of phenolic OH excluding ortho intramolecular Hbond substituents is 1. The molecule has 3 aromatic carbocycles. The van der Waals surface area contributed by atoms with Crippen LogP contribution in [-0.2, 0) is 11.2 Å². The molecule has 0 aliphatic rings. The average molecular weight is 489 g/mol. The number of carbonyl (C=O) groups excluding carboxylic acids is 2. The molecule has 10 heteroatoms. The Hall–Kier alpha value is -4.70. The van der Waals surface area contributed by atoms with Gasteiger partial charge in [0, 0.05) is 12.1 Å². The summed E-state index contributed by atoms with van der Waals surface area (Å²) in [5.41, 5.74) is 8.04. The van der Waals surface area contributed by atoms with Crippen LogP contribution in [0.15, 0.2) is 66.7 Å². The number of nitrogens with zero attached hydrogens (tertiary/aromatic N) is 3. The molecule has 10 nitrogen and oxygen atoms in total. The predicted molar refractivity (Wildman–Crippen MR) is 130 cm³/mol. The first-order valence-electron chi connectivity index (χ1n) is 10.9. The number of amides is 1. The highest BCUT2D eigenvalue weighted by molar-refractivity contribution is 5.91. The summed E-state index contributed by atoms with van der Waals surface area (Å²) < 4.78 is 11.3. The van der Waals surface area contributed by atoms with Gasteiger partial charge in [0.2, 0.25) is 5.82 Å². The first kappa shape index (κ1) is 24.4. The SMILES string of the molecule is COC(=O)c1ccc(C(O)Cc2ccc(O)c(-c3nnc(C(N)=O)n3-c3ccc(OC)cc3)c2)cc1. The Morgan fingerprint density at radius 2 is 1.69 bits per heavy atom. The highest BCUT2D eigenvalue weighted by Crippen LogP contribution is 2.33. The van der Waals surface area contributed by atoms with Gasteiger partial charge in [0.15, 0.2) is 5.82 Å². The minimum atomic E-state index is -0.880. The highest BCUT2D eigenvalue weighted by Gasteiger charge is 2.22. The molecule has 0 radical (unpaired) electrons. The maximum Gasteiger partial charge on any atom is 0.337 e. The number of aromatic nitrogens is 3. The molecule has 4 aromatic rings. The first-order chi connectivity index (χ1) is 17.3. The van der Waals surface area contributed by atoms with Crippen molar-refractivity contribution in [2.45, 2.75) is 12.5 Å². The lowest BCUT2D eigenvalue weighted by Crippen LogP contribution is -2.17. The monoisotopic (exact) mass is 488 g/mol. The molecule has 0 aliphatic heterocycles. The number of carbonyl (C=O) groups is 2. The molecule has 1 aromatic heterocycles. The number of hydrogen-bond acceptors (Lipinski definition) is 8. The van der Waals surface area contributed by atoms with Crippen molar-refractivity contribution in [3.8, 4) is 28.6 Å². The summed E-state index contributed by atoms with van der Waals surface area (Å²) in [6.07, 6.45) is -0.667. The quantitative estimate of drug-likeness (QED) is 0.321. The van der Waals surface area contributed by atoms with Crippen molar-refractivity contribution in [1.82, 2.24) is 14.8 Å². The lowest BCUT2D eigenvalue weighted by Gasteiger charge is -2.14. The van der Waals surface area contributed by atoms with Crippen molar-refractivity contribution in [1.29, 1.82) is 0 Å². The van der Waals surface area contributed by atoms with Gasteiger partial charge in [-0.25, -0.2) is 4.79 Å². The molecule has 0 saturated carbocycles. The number of rotatable bonds is 8. The third-order valence-corrected chi connectivity index (χ3v) is 5.66. The van der Waals surface area contributed by atoms with Crippen LogP contribution in [0.4, 0.5) is 0 Å². The van der Waals surface area contributed by atoms with Crippen LogP contribution >= 0.6 is 0 Å². The van der Waals surface area contributed by atoms with Gasteiger partial charge in [-0.05, 0) is 59.7 Å². The molecule has 0 saturated heterocycles. The highest BCUT2D eigenvalue weighted by atomic mass is 16.5. The Kier molecular flexibility index (Phi) is 6.98. The molecular weight excluding hydrogens is 464 g/mol. The van der Waals surface area contributed by atoms with Gasteiger partial charge in [-0.3, -0.25) is 9.36 Å². The second-order valence-electron chi connectivity index (χ2n) is 7.93. The summed E-state index contributed by atoms with van der Waals surface area (Å²) in [7, 11) is 2.84. The van der Waals surface area contributed by atoms with E-state index in [1.165, 1.54) is 17.7 Å². The Morgan fingerprint density at radius 3 is 2.31 bits per heavy atom. The van der Waals surface area contributed by atoms with Gasteiger partial charge in [-0.1, -0.05) is 18.2 Å². The molecular formula is C26H24N4O6.